The van der Waals surface area contributed by atoms with Gasteiger partial charge in [-0.3, -0.25) is 4.79 Å². The molecule has 3 rings (SSSR count). The second kappa shape index (κ2) is 8.09. The molecule has 1 N–H and O–H groups in total. The summed E-state index contributed by atoms with van der Waals surface area (Å²) in [6.45, 7) is 8.09. The highest BCUT2D eigenvalue weighted by molar-refractivity contribution is 5.94. The smallest absolute Gasteiger partial charge is 0.255 e. The monoisotopic (exact) mass is 367 g/mol. The Morgan fingerprint density at radius 2 is 1.93 bits per heavy atom. The molecule has 0 bridgehead atoms. The molecule has 0 radical (unpaired) electrons. The average Bonchev–Trinajstić information content (AvgIpc) is 2.68. The zero-order valence-corrected chi connectivity index (χ0v) is 16.7. The molecule has 5 nitrogen and oxygen atoms in total. The van der Waals surface area contributed by atoms with E-state index in [0.717, 1.165) is 31.7 Å². The van der Waals surface area contributed by atoms with E-state index < -0.39 is 0 Å². The van der Waals surface area contributed by atoms with Gasteiger partial charge in [0.2, 0.25) is 5.88 Å². The normalized spacial score (nSPS) is 17.6. The summed E-state index contributed by atoms with van der Waals surface area (Å²) in [5, 5.41) is 3.26. The number of ether oxygens (including phenoxy) is 1. The number of carbonyl (C=O) groups is 1. The minimum absolute atomic E-state index is 0.0310. The lowest BCUT2D eigenvalue weighted by molar-refractivity contribution is 0.0697. The van der Waals surface area contributed by atoms with E-state index in [-0.39, 0.29) is 11.3 Å². The molecular formula is C22H29N3O2. The van der Waals surface area contributed by atoms with Crippen LogP contribution in [0.25, 0.3) is 0 Å². The quantitative estimate of drug-likeness (QED) is 0.888. The number of amides is 1. The molecule has 144 valence electrons. The second-order valence-electron chi connectivity index (χ2n) is 8.14. The van der Waals surface area contributed by atoms with Gasteiger partial charge in [0.1, 0.15) is 5.75 Å². The van der Waals surface area contributed by atoms with E-state index in [1.807, 2.05) is 24.1 Å². The van der Waals surface area contributed by atoms with Gasteiger partial charge in [0, 0.05) is 31.4 Å². The van der Waals surface area contributed by atoms with Crippen LogP contribution in [0.1, 0.15) is 49.5 Å². The molecule has 0 saturated carbocycles. The molecule has 1 atom stereocenters. The van der Waals surface area contributed by atoms with Gasteiger partial charge in [0.05, 0.1) is 5.56 Å². The number of pyridine rings is 1. The topological polar surface area (TPSA) is 54.5 Å². The van der Waals surface area contributed by atoms with Gasteiger partial charge >= 0.3 is 0 Å². The first-order valence-corrected chi connectivity index (χ1v) is 9.58. The van der Waals surface area contributed by atoms with Gasteiger partial charge in [-0.2, -0.15) is 0 Å². The lowest BCUT2D eigenvalue weighted by Crippen LogP contribution is -2.46. The van der Waals surface area contributed by atoms with Crippen LogP contribution < -0.4 is 10.1 Å². The number of piperidine rings is 1. The Balaban J connectivity index is 1.64. The Morgan fingerprint density at radius 3 is 2.52 bits per heavy atom. The highest BCUT2D eigenvalue weighted by Crippen LogP contribution is 2.26. The van der Waals surface area contributed by atoms with Crippen molar-refractivity contribution in [3.8, 4) is 11.6 Å². The number of nitrogens with one attached hydrogen (secondary N) is 1. The third kappa shape index (κ3) is 4.86. The maximum atomic E-state index is 12.7. The summed E-state index contributed by atoms with van der Waals surface area (Å²) in [5.41, 5.74) is 1.96. The molecule has 0 aliphatic carbocycles. The van der Waals surface area contributed by atoms with Gasteiger partial charge in [-0.25, -0.2) is 4.98 Å². The van der Waals surface area contributed by atoms with Crippen LogP contribution >= 0.6 is 0 Å². The third-order valence-electron chi connectivity index (χ3n) is 5.04. The standard InChI is InChI=1S/C22H29N3O2/c1-22(2,3)17-8-10-19(11-9-17)27-20-12-7-16(14-24-20)21(26)25-13-5-6-18(15-25)23-4/h7-12,14,18,23H,5-6,13,15H2,1-4H3. The van der Waals surface area contributed by atoms with Gasteiger partial charge in [0.15, 0.2) is 0 Å². The second-order valence-corrected chi connectivity index (χ2v) is 8.14. The van der Waals surface area contributed by atoms with Gasteiger partial charge in [-0.15, -0.1) is 0 Å². The van der Waals surface area contributed by atoms with E-state index in [1.165, 1.54) is 5.56 Å². The highest BCUT2D eigenvalue weighted by atomic mass is 16.5. The molecule has 2 heterocycles. The summed E-state index contributed by atoms with van der Waals surface area (Å²) >= 11 is 0. The van der Waals surface area contributed by atoms with Crippen molar-refractivity contribution >= 4 is 5.91 Å². The summed E-state index contributed by atoms with van der Waals surface area (Å²) < 4.78 is 5.81. The van der Waals surface area contributed by atoms with Gasteiger partial charge in [-0.1, -0.05) is 32.9 Å². The first-order valence-electron chi connectivity index (χ1n) is 9.58. The SMILES string of the molecule is CNC1CCCN(C(=O)c2ccc(Oc3ccc(C(C)(C)C)cc3)nc2)C1. The average molecular weight is 367 g/mol. The number of carbonyl (C=O) groups excluding carboxylic acids is 1. The van der Waals surface area contributed by atoms with Crippen LogP contribution in [0.3, 0.4) is 0 Å². The molecule has 2 aromatic rings. The summed E-state index contributed by atoms with van der Waals surface area (Å²) in [7, 11) is 1.94. The van der Waals surface area contributed by atoms with E-state index >= 15 is 0 Å². The van der Waals surface area contributed by atoms with E-state index in [2.05, 4.69) is 43.2 Å². The fourth-order valence-corrected chi connectivity index (χ4v) is 3.29. The number of aromatic nitrogens is 1. The molecule has 1 unspecified atom stereocenters. The van der Waals surface area contributed by atoms with E-state index in [0.29, 0.717) is 17.5 Å². The molecule has 1 fully saturated rings. The molecule has 1 amide bonds. The zero-order valence-electron chi connectivity index (χ0n) is 16.7. The van der Waals surface area contributed by atoms with Crippen LogP contribution in [-0.4, -0.2) is 42.0 Å². The Kier molecular flexibility index (Phi) is 5.80. The summed E-state index contributed by atoms with van der Waals surface area (Å²) in [6, 6.07) is 12.0. The Hall–Kier alpha value is -2.40. The van der Waals surface area contributed by atoms with Crippen molar-refractivity contribution in [1.29, 1.82) is 0 Å². The van der Waals surface area contributed by atoms with Gasteiger partial charge < -0.3 is 15.0 Å². The maximum Gasteiger partial charge on any atom is 0.255 e. The van der Waals surface area contributed by atoms with E-state index in [9.17, 15) is 4.79 Å². The molecule has 5 heteroatoms. The van der Waals surface area contributed by atoms with Crippen LogP contribution in [0.15, 0.2) is 42.6 Å². The van der Waals surface area contributed by atoms with Crippen molar-refractivity contribution in [2.45, 2.75) is 45.1 Å². The largest absolute Gasteiger partial charge is 0.439 e. The van der Waals surface area contributed by atoms with Crippen LogP contribution in [0.2, 0.25) is 0 Å². The number of nitrogens with zero attached hydrogens (tertiary/aromatic N) is 2. The molecule has 1 saturated heterocycles. The van der Waals surface area contributed by atoms with Crippen LogP contribution in [0, 0.1) is 0 Å². The first-order chi connectivity index (χ1) is 12.9. The van der Waals surface area contributed by atoms with Gasteiger partial charge in [-0.05, 0) is 49.1 Å². The van der Waals surface area contributed by atoms with Crippen molar-refractivity contribution in [2.24, 2.45) is 0 Å². The van der Waals surface area contributed by atoms with Crippen molar-refractivity contribution in [1.82, 2.24) is 15.2 Å². The molecule has 1 aliphatic heterocycles. The van der Waals surface area contributed by atoms with Crippen LogP contribution in [0.4, 0.5) is 0 Å². The third-order valence-corrected chi connectivity index (χ3v) is 5.04. The highest BCUT2D eigenvalue weighted by Gasteiger charge is 2.23. The lowest BCUT2D eigenvalue weighted by atomic mass is 9.87. The van der Waals surface area contributed by atoms with Crippen LogP contribution in [0.5, 0.6) is 11.6 Å². The maximum absolute atomic E-state index is 12.7. The van der Waals surface area contributed by atoms with Crippen molar-refractivity contribution in [3.05, 3.63) is 53.7 Å². The minimum atomic E-state index is 0.0310. The predicted octanol–water partition coefficient (Wildman–Crippen LogP) is 4.00. The Bertz CT molecular complexity index is 764. The Labute approximate surface area is 161 Å². The Morgan fingerprint density at radius 1 is 1.19 bits per heavy atom. The fraction of sp³-hybridized carbons (Fsp3) is 0.455. The van der Waals surface area contributed by atoms with Crippen molar-refractivity contribution < 1.29 is 9.53 Å². The minimum Gasteiger partial charge on any atom is -0.439 e. The number of rotatable bonds is 4. The number of benzene rings is 1. The number of hydrogen-bond donors (Lipinski definition) is 1. The molecule has 0 spiro atoms. The number of hydrogen-bond acceptors (Lipinski definition) is 4. The summed E-state index contributed by atoms with van der Waals surface area (Å²) in [4.78, 5) is 18.9. The van der Waals surface area contributed by atoms with Crippen molar-refractivity contribution in [2.75, 3.05) is 20.1 Å². The lowest BCUT2D eigenvalue weighted by Gasteiger charge is -2.32. The molecule has 1 aromatic heterocycles. The fourth-order valence-electron chi connectivity index (χ4n) is 3.29. The predicted molar refractivity (Wildman–Crippen MR) is 107 cm³/mol. The summed E-state index contributed by atoms with van der Waals surface area (Å²) in [5.74, 6) is 1.26. The number of likely N-dealkylation sites (tertiary alicyclic amines) is 1. The first kappa shape index (κ1) is 19.4. The molecule has 1 aliphatic rings. The molecule has 1 aromatic carbocycles. The molecular weight excluding hydrogens is 338 g/mol. The van der Waals surface area contributed by atoms with E-state index in [4.69, 9.17) is 4.74 Å². The van der Waals surface area contributed by atoms with Crippen molar-refractivity contribution in [3.63, 3.8) is 0 Å². The van der Waals surface area contributed by atoms with Crippen LogP contribution in [-0.2, 0) is 5.41 Å². The summed E-state index contributed by atoms with van der Waals surface area (Å²) in [6.07, 6.45) is 3.74. The van der Waals surface area contributed by atoms with Gasteiger partial charge in [0.25, 0.3) is 5.91 Å². The molecule has 27 heavy (non-hydrogen) atoms. The number of likely N-dealkylation sites (N-methyl/N-ethyl adjacent to an activating group) is 1. The zero-order chi connectivity index (χ0) is 19.4. The van der Waals surface area contributed by atoms with E-state index in [1.54, 1.807) is 18.3 Å².